The van der Waals surface area contributed by atoms with Crippen LogP contribution in [0.3, 0.4) is 0 Å². The van der Waals surface area contributed by atoms with Crippen LogP contribution in [0.1, 0.15) is 18.7 Å². The highest BCUT2D eigenvalue weighted by Crippen LogP contribution is 2.52. The van der Waals surface area contributed by atoms with Crippen LogP contribution in [0.4, 0.5) is 16.0 Å². The zero-order valence-corrected chi connectivity index (χ0v) is 31.4. The molecule has 31 heteroatoms. The summed E-state index contributed by atoms with van der Waals surface area (Å²) in [5.41, 5.74) is 8.47. The van der Waals surface area contributed by atoms with Gasteiger partial charge in [-0.2, -0.15) is 4.98 Å². The molecule has 0 bridgehead atoms. The van der Waals surface area contributed by atoms with Gasteiger partial charge in [0.1, 0.15) is 66.5 Å². The van der Waals surface area contributed by atoms with Crippen LogP contribution in [-0.4, -0.2) is 144 Å². The summed E-state index contributed by atoms with van der Waals surface area (Å²) in [5, 5.41) is 42.1. The molecule has 3 aliphatic heterocycles. The molecule has 2 unspecified atom stereocenters. The van der Waals surface area contributed by atoms with E-state index in [2.05, 4.69) is 19.9 Å². The third-order valence-electron chi connectivity index (χ3n) is 9.32. The number of rotatable bonds is 14. The number of H-pyrrole nitrogens is 1. The second kappa shape index (κ2) is 16.6. The van der Waals surface area contributed by atoms with E-state index < -0.39 is 126 Å². The predicted molar refractivity (Wildman–Crippen MR) is 187 cm³/mol. The lowest BCUT2D eigenvalue weighted by molar-refractivity contribution is -0.0638. The number of anilines is 2. The first-order valence-corrected chi connectivity index (χ1v) is 20.0. The molecule has 59 heavy (non-hydrogen) atoms. The number of aromatic nitrogens is 8. The van der Waals surface area contributed by atoms with E-state index >= 15 is 4.39 Å². The number of hydrogen-bond donors (Lipinski definition) is 9. The summed E-state index contributed by atoms with van der Waals surface area (Å²) in [6, 6.07) is 2.02. The fourth-order valence-corrected chi connectivity index (χ4v) is 8.43. The van der Waals surface area contributed by atoms with Crippen LogP contribution in [0.25, 0.3) is 11.2 Å². The quantitative estimate of drug-likeness (QED) is 0.0544. The van der Waals surface area contributed by atoms with Crippen LogP contribution in [0.5, 0.6) is 0 Å². The number of halogens is 1. The number of imidazole rings is 1. The van der Waals surface area contributed by atoms with Gasteiger partial charge < -0.3 is 55.9 Å². The van der Waals surface area contributed by atoms with Crippen molar-refractivity contribution in [3.8, 4) is 0 Å². The van der Waals surface area contributed by atoms with Crippen LogP contribution < -0.4 is 28.4 Å². The summed E-state index contributed by atoms with van der Waals surface area (Å²) in [6.45, 7) is -3.05. The van der Waals surface area contributed by atoms with Gasteiger partial charge in [0.15, 0.2) is 36.3 Å². The number of phosphoric acid groups is 2. The second-order valence-corrected chi connectivity index (χ2v) is 15.9. The Hall–Kier alpha value is -4.42. The lowest BCUT2D eigenvalue weighted by Crippen LogP contribution is -2.37. The Balaban J connectivity index is 1.05. The summed E-state index contributed by atoms with van der Waals surface area (Å²) in [7, 11) is -10.9. The van der Waals surface area contributed by atoms with Crippen LogP contribution in [-0.2, 0) is 41.4 Å². The maximum atomic E-state index is 16.1. The number of fused-ring (bicyclic) bond motifs is 1. The van der Waals surface area contributed by atoms with Crippen LogP contribution in [0.15, 0.2) is 51.6 Å². The first kappa shape index (κ1) is 42.7. The van der Waals surface area contributed by atoms with E-state index in [4.69, 9.17) is 43.8 Å². The zero-order valence-electron chi connectivity index (χ0n) is 29.7. The van der Waals surface area contributed by atoms with Crippen molar-refractivity contribution in [2.75, 3.05) is 31.3 Å². The number of nitrogens with two attached hydrogens (primary N) is 2. The van der Waals surface area contributed by atoms with Gasteiger partial charge in [-0.3, -0.25) is 41.6 Å². The van der Waals surface area contributed by atoms with Gasteiger partial charge in [-0.1, -0.05) is 0 Å². The molecule has 0 saturated carbocycles. The molecule has 28 nitrogen and oxygen atoms in total. The molecule has 0 radical (unpaired) electrons. The van der Waals surface area contributed by atoms with Crippen LogP contribution in [0, 0.1) is 0 Å². The van der Waals surface area contributed by atoms with Gasteiger partial charge >= 0.3 is 27.0 Å². The van der Waals surface area contributed by atoms with E-state index in [9.17, 15) is 53.7 Å². The van der Waals surface area contributed by atoms with Gasteiger partial charge in [0.2, 0.25) is 0 Å². The molecule has 4 aromatic heterocycles. The number of nitrogens with zero attached hydrogens (tertiary/aromatic N) is 7. The number of nitrogens with one attached hydrogen (secondary N) is 1. The fraction of sp³-hybridized carbons (Fsp3) is 0.536. The minimum atomic E-state index is -5.48. The zero-order chi connectivity index (χ0) is 42.6. The molecule has 0 spiro atoms. The standard InChI is InChI=1S/C28H35FN10O18P2/c29-15-20(56-58(47,48)51-6-11-17(42)18(43)25(54-11)38-3-1-13(30)35-27(38)45)12(55-24(15)37-4-2-14(41)36-28(37)46)7-52-59(49,50)57-21-10(5-40)53-26(19(21)44)39-9-34-16-22(31)32-8-33-23(16)39/h1-4,8-12,15,17-21,24-26,40,42-44H,5-7H2,(H,47,48)(H,49,50)(H2,30,35,45)(H2,31,32,33)(H,36,41,46)/t10-,11-,12-,15-,17-,18-,19-,20-,21-,24-,25-,26-/m1/s1. The Bertz CT molecular complexity index is 2460. The van der Waals surface area contributed by atoms with E-state index in [0.717, 1.165) is 29.4 Å². The van der Waals surface area contributed by atoms with Crippen molar-refractivity contribution >= 4 is 38.4 Å². The number of alkyl halides is 1. The summed E-state index contributed by atoms with van der Waals surface area (Å²) < 4.78 is 81.9. The highest BCUT2D eigenvalue weighted by atomic mass is 31.2. The van der Waals surface area contributed by atoms with Gasteiger partial charge in [-0.05, 0) is 6.07 Å². The van der Waals surface area contributed by atoms with E-state index in [1.165, 1.54) is 17.0 Å². The molecular formula is C28H35FN10O18P2. The lowest BCUT2D eigenvalue weighted by Gasteiger charge is -2.25. The first-order valence-electron chi connectivity index (χ1n) is 17.0. The van der Waals surface area contributed by atoms with Crippen molar-refractivity contribution in [1.82, 2.24) is 38.6 Å². The van der Waals surface area contributed by atoms with Gasteiger partial charge in [-0.25, -0.2) is 38.1 Å². The van der Waals surface area contributed by atoms with Crippen molar-refractivity contribution in [2.24, 2.45) is 0 Å². The number of aliphatic hydroxyl groups is 4. The van der Waals surface area contributed by atoms with Gasteiger partial charge in [0.25, 0.3) is 5.56 Å². The average molecular weight is 881 g/mol. The third-order valence-corrected chi connectivity index (χ3v) is 11.3. The van der Waals surface area contributed by atoms with Crippen molar-refractivity contribution in [3.63, 3.8) is 0 Å². The Morgan fingerprint density at radius 3 is 2.10 bits per heavy atom. The molecule has 3 fully saturated rings. The molecule has 14 atom stereocenters. The molecule has 3 saturated heterocycles. The van der Waals surface area contributed by atoms with Gasteiger partial charge in [-0.15, -0.1) is 0 Å². The smallest absolute Gasteiger partial charge is 0.394 e. The number of ether oxygens (including phenoxy) is 3. The molecule has 322 valence electrons. The van der Waals surface area contributed by atoms with Crippen molar-refractivity contribution in [2.45, 2.75) is 73.7 Å². The molecule has 0 amide bonds. The topological polar surface area (TPSA) is 406 Å². The van der Waals surface area contributed by atoms with Crippen LogP contribution in [0.2, 0.25) is 0 Å². The lowest BCUT2D eigenvalue weighted by atomic mass is 10.1. The third kappa shape index (κ3) is 8.62. The van der Waals surface area contributed by atoms with Gasteiger partial charge in [0, 0.05) is 18.5 Å². The van der Waals surface area contributed by atoms with E-state index in [0.29, 0.717) is 4.57 Å². The SMILES string of the molecule is Nc1ccn([C@@H]2O[C@H](COP(=O)(O)O[C@H]3[C@@H](F)[C@H](n4ccc(=O)[nH]c4=O)O[C@@H]3COP(=O)(O)O[C@H]3[C@@H](O)[C@H](n4cnc5c(N)ncnc54)O[C@@H]3CO)[C@@H](O)[C@H]2O)c(=O)n1. The van der Waals surface area contributed by atoms with E-state index in [1.54, 1.807) is 0 Å². The summed E-state index contributed by atoms with van der Waals surface area (Å²) in [4.78, 5) is 75.1. The Labute approximate surface area is 326 Å². The Kier molecular flexibility index (Phi) is 12.0. The molecule has 0 aromatic carbocycles. The summed E-state index contributed by atoms with van der Waals surface area (Å²) in [6.07, 6.45) is -17.8. The molecule has 4 aromatic rings. The summed E-state index contributed by atoms with van der Waals surface area (Å²) in [5.74, 6) is -0.161. The monoisotopic (exact) mass is 880 g/mol. The maximum Gasteiger partial charge on any atom is 0.472 e. The fourth-order valence-electron chi connectivity index (χ4n) is 6.51. The van der Waals surface area contributed by atoms with E-state index in [1.807, 2.05) is 4.98 Å². The number of phosphoric ester groups is 2. The molecule has 3 aliphatic rings. The first-order chi connectivity index (χ1) is 27.9. The molecule has 7 heterocycles. The molecule has 0 aliphatic carbocycles. The molecule has 11 N–H and O–H groups in total. The Morgan fingerprint density at radius 1 is 0.797 bits per heavy atom. The minimum Gasteiger partial charge on any atom is -0.394 e. The number of aliphatic hydroxyl groups excluding tert-OH is 4. The molecular weight excluding hydrogens is 845 g/mol. The summed E-state index contributed by atoms with van der Waals surface area (Å²) >= 11 is 0. The van der Waals surface area contributed by atoms with Crippen LogP contribution >= 0.6 is 15.6 Å². The highest BCUT2D eigenvalue weighted by Gasteiger charge is 2.53. The predicted octanol–water partition coefficient (Wildman–Crippen LogP) is -4.09. The minimum absolute atomic E-state index is 0.00764. The Morgan fingerprint density at radius 2 is 1.42 bits per heavy atom. The van der Waals surface area contributed by atoms with Crippen molar-refractivity contribution in [3.05, 3.63) is 68.5 Å². The molecule has 7 rings (SSSR count). The van der Waals surface area contributed by atoms with Crippen molar-refractivity contribution < 1.29 is 76.0 Å². The number of hydrogen-bond acceptors (Lipinski definition) is 22. The largest absolute Gasteiger partial charge is 0.472 e. The number of aromatic amines is 1. The van der Waals surface area contributed by atoms with E-state index in [-0.39, 0.29) is 22.8 Å². The maximum absolute atomic E-state index is 16.1. The van der Waals surface area contributed by atoms with Crippen molar-refractivity contribution in [1.29, 1.82) is 0 Å². The second-order valence-electron chi connectivity index (χ2n) is 13.1. The van der Waals surface area contributed by atoms with Gasteiger partial charge in [0.05, 0.1) is 26.1 Å². The number of nitrogen functional groups attached to an aromatic ring is 2. The average Bonchev–Trinajstić information content (AvgIpc) is 3.90. The highest BCUT2D eigenvalue weighted by molar-refractivity contribution is 7.47. The normalized spacial score (nSPS) is 33.0.